The Hall–Kier alpha value is -0.790. The third-order valence-electron chi connectivity index (χ3n) is 5.97. The van der Waals surface area contributed by atoms with Gasteiger partial charge in [-0.25, -0.2) is 0 Å². The average Bonchev–Trinajstić information content (AvgIpc) is 3.16. The van der Waals surface area contributed by atoms with Gasteiger partial charge in [-0.2, -0.15) is 5.26 Å². The molecule has 0 unspecified atom stereocenters. The summed E-state index contributed by atoms with van der Waals surface area (Å²) in [6.07, 6.45) is 12.6. The number of rotatable bonds is 3. The highest BCUT2D eigenvalue weighted by Crippen LogP contribution is 2.48. The van der Waals surface area contributed by atoms with E-state index in [2.05, 4.69) is 11.4 Å². The highest BCUT2D eigenvalue weighted by atomic mass is 35.5. The zero-order valence-electron chi connectivity index (χ0n) is 13.4. The van der Waals surface area contributed by atoms with Gasteiger partial charge in [0.05, 0.1) is 12.6 Å². The summed E-state index contributed by atoms with van der Waals surface area (Å²) in [5, 5.41) is 12.5. The first-order valence-electron chi connectivity index (χ1n) is 8.65. The molecule has 1 heterocycles. The summed E-state index contributed by atoms with van der Waals surface area (Å²) in [5.74, 6) is 0.111. The van der Waals surface area contributed by atoms with Crippen molar-refractivity contribution in [3.63, 3.8) is 0 Å². The molecule has 1 atom stereocenters. The molecular formula is C17H28ClN3O. The van der Waals surface area contributed by atoms with E-state index in [9.17, 15) is 4.79 Å². The number of carbonyl (C=O) groups is 1. The minimum absolute atomic E-state index is 0. The van der Waals surface area contributed by atoms with Crippen molar-refractivity contribution in [2.24, 2.45) is 5.41 Å². The minimum Gasteiger partial charge on any atom is -0.326 e. The van der Waals surface area contributed by atoms with Crippen molar-refractivity contribution < 1.29 is 4.79 Å². The van der Waals surface area contributed by atoms with Gasteiger partial charge in [-0.1, -0.05) is 12.8 Å². The third-order valence-corrected chi connectivity index (χ3v) is 5.97. The Bertz CT molecular complexity index is 418. The second kappa shape index (κ2) is 7.66. The number of hydrogen-bond donors (Lipinski definition) is 1. The van der Waals surface area contributed by atoms with E-state index in [0.29, 0.717) is 18.0 Å². The van der Waals surface area contributed by atoms with Crippen LogP contribution in [0.25, 0.3) is 0 Å². The van der Waals surface area contributed by atoms with Crippen LogP contribution in [-0.2, 0) is 4.79 Å². The quantitative estimate of drug-likeness (QED) is 0.867. The predicted octanol–water partition coefficient (Wildman–Crippen LogP) is 3.02. The van der Waals surface area contributed by atoms with Crippen LogP contribution < -0.4 is 5.32 Å². The van der Waals surface area contributed by atoms with Crippen molar-refractivity contribution >= 4 is 18.3 Å². The molecule has 4 nitrogen and oxygen atoms in total. The number of likely N-dealkylation sites (tertiary alicyclic amines) is 1. The molecule has 0 aromatic heterocycles. The minimum atomic E-state index is -0.188. The molecule has 0 bridgehead atoms. The van der Waals surface area contributed by atoms with Crippen LogP contribution in [-0.4, -0.2) is 36.0 Å². The lowest BCUT2D eigenvalue weighted by molar-refractivity contribution is -0.130. The SMILES string of the molecule is Cl.N#C[C@@H]1CCCN1C(=O)CNC1CCC2(CCCC2)CC1. The highest BCUT2D eigenvalue weighted by Gasteiger charge is 2.37. The summed E-state index contributed by atoms with van der Waals surface area (Å²) < 4.78 is 0. The molecule has 5 heteroatoms. The smallest absolute Gasteiger partial charge is 0.237 e. The fraction of sp³-hybridized carbons (Fsp3) is 0.882. The summed E-state index contributed by atoms with van der Waals surface area (Å²) in [6, 6.07) is 2.56. The van der Waals surface area contributed by atoms with Gasteiger partial charge in [-0.15, -0.1) is 12.4 Å². The van der Waals surface area contributed by atoms with Crippen LogP contribution in [0.4, 0.5) is 0 Å². The van der Waals surface area contributed by atoms with Gasteiger partial charge in [0.1, 0.15) is 6.04 Å². The Morgan fingerprint density at radius 3 is 2.45 bits per heavy atom. The first kappa shape index (κ1) is 17.6. The van der Waals surface area contributed by atoms with E-state index < -0.39 is 0 Å². The van der Waals surface area contributed by atoms with Gasteiger partial charge in [0.2, 0.25) is 5.91 Å². The molecular weight excluding hydrogens is 298 g/mol. The maximum Gasteiger partial charge on any atom is 0.237 e. The van der Waals surface area contributed by atoms with E-state index in [0.717, 1.165) is 19.4 Å². The molecule has 0 aromatic rings. The fourth-order valence-corrected chi connectivity index (χ4v) is 4.59. The van der Waals surface area contributed by atoms with Gasteiger partial charge in [0, 0.05) is 12.6 Å². The van der Waals surface area contributed by atoms with E-state index in [4.69, 9.17) is 5.26 Å². The molecule has 124 valence electrons. The standard InChI is InChI=1S/C17H27N3O.ClH/c18-12-15-4-3-11-20(15)16(21)13-19-14-5-9-17(10-6-14)7-1-2-8-17;/h14-15,19H,1-11,13H2;1H/t15-;/m0./s1. The zero-order valence-corrected chi connectivity index (χ0v) is 14.2. The van der Waals surface area contributed by atoms with E-state index in [-0.39, 0.29) is 24.4 Å². The van der Waals surface area contributed by atoms with Crippen molar-refractivity contribution in [2.45, 2.75) is 76.3 Å². The Morgan fingerprint density at radius 2 is 1.82 bits per heavy atom. The van der Waals surface area contributed by atoms with Crippen LogP contribution in [0.1, 0.15) is 64.2 Å². The lowest BCUT2D eigenvalue weighted by Gasteiger charge is -2.37. The topological polar surface area (TPSA) is 56.1 Å². The summed E-state index contributed by atoms with van der Waals surface area (Å²) in [4.78, 5) is 14.0. The Balaban J connectivity index is 0.00000176. The first-order chi connectivity index (χ1) is 10.2. The number of nitrogens with zero attached hydrogens (tertiary/aromatic N) is 2. The summed E-state index contributed by atoms with van der Waals surface area (Å²) in [6.45, 7) is 1.17. The average molecular weight is 326 g/mol. The van der Waals surface area contributed by atoms with Crippen molar-refractivity contribution in [1.29, 1.82) is 5.26 Å². The molecule has 2 saturated carbocycles. The maximum atomic E-state index is 12.2. The van der Waals surface area contributed by atoms with Gasteiger partial charge in [-0.05, 0) is 56.8 Å². The third kappa shape index (κ3) is 3.75. The normalized spacial score (nSPS) is 27.6. The fourth-order valence-electron chi connectivity index (χ4n) is 4.59. The van der Waals surface area contributed by atoms with Gasteiger partial charge in [0.25, 0.3) is 0 Å². The molecule has 1 N–H and O–H groups in total. The molecule has 3 fully saturated rings. The van der Waals surface area contributed by atoms with Crippen LogP contribution >= 0.6 is 12.4 Å². The summed E-state index contributed by atoms with van der Waals surface area (Å²) >= 11 is 0. The monoisotopic (exact) mass is 325 g/mol. The number of halogens is 1. The highest BCUT2D eigenvalue weighted by molar-refractivity contribution is 5.85. The molecule has 1 saturated heterocycles. The molecule has 1 spiro atoms. The number of hydrogen-bond acceptors (Lipinski definition) is 3. The molecule has 0 radical (unpaired) electrons. The van der Waals surface area contributed by atoms with Crippen LogP contribution in [0.3, 0.4) is 0 Å². The largest absolute Gasteiger partial charge is 0.326 e. The van der Waals surface area contributed by atoms with Crippen LogP contribution in [0.15, 0.2) is 0 Å². The molecule has 2 aliphatic carbocycles. The van der Waals surface area contributed by atoms with Crippen LogP contribution in [0.5, 0.6) is 0 Å². The van der Waals surface area contributed by atoms with E-state index in [1.54, 1.807) is 4.90 Å². The first-order valence-corrected chi connectivity index (χ1v) is 8.65. The molecule has 22 heavy (non-hydrogen) atoms. The maximum absolute atomic E-state index is 12.2. The predicted molar refractivity (Wildman–Crippen MR) is 88.8 cm³/mol. The van der Waals surface area contributed by atoms with Crippen molar-refractivity contribution in [2.75, 3.05) is 13.1 Å². The number of nitriles is 1. The summed E-state index contributed by atoms with van der Waals surface area (Å²) in [7, 11) is 0. The lowest BCUT2D eigenvalue weighted by atomic mass is 9.71. The van der Waals surface area contributed by atoms with E-state index in [1.807, 2.05) is 0 Å². The molecule has 1 amide bonds. The number of nitrogens with one attached hydrogen (secondary N) is 1. The van der Waals surface area contributed by atoms with E-state index >= 15 is 0 Å². The molecule has 3 rings (SSSR count). The van der Waals surface area contributed by atoms with Crippen LogP contribution in [0, 0.1) is 16.7 Å². The zero-order chi connectivity index (χ0) is 14.7. The molecule has 1 aliphatic heterocycles. The van der Waals surface area contributed by atoms with Crippen molar-refractivity contribution in [1.82, 2.24) is 10.2 Å². The summed E-state index contributed by atoms with van der Waals surface area (Å²) in [5.41, 5.74) is 0.656. The molecule has 0 aromatic carbocycles. The van der Waals surface area contributed by atoms with Gasteiger partial charge in [-0.3, -0.25) is 4.79 Å². The second-order valence-corrected chi connectivity index (χ2v) is 7.24. The number of carbonyl (C=O) groups excluding carboxylic acids is 1. The molecule has 3 aliphatic rings. The van der Waals surface area contributed by atoms with Gasteiger partial charge < -0.3 is 10.2 Å². The van der Waals surface area contributed by atoms with Gasteiger partial charge in [0.15, 0.2) is 0 Å². The van der Waals surface area contributed by atoms with E-state index in [1.165, 1.54) is 51.4 Å². The lowest BCUT2D eigenvalue weighted by Crippen LogP contribution is -2.45. The van der Waals surface area contributed by atoms with Gasteiger partial charge >= 0.3 is 0 Å². The number of amides is 1. The second-order valence-electron chi connectivity index (χ2n) is 7.24. The Kier molecular flexibility index (Phi) is 6.11. The Morgan fingerprint density at radius 1 is 1.14 bits per heavy atom. The van der Waals surface area contributed by atoms with Crippen molar-refractivity contribution in [3.05, 3.63) is 0 Å². The Labute approximate surface area is 140 Å². The van der Waals surface area contributed by atoms with Crippen LogP contribution in [0.2, 0.25) is 0 Å². The van der Waals surface area contributed by atoms with Crippen molar-refractivity contribution in [3.8, 4) is 6.07 Å².